The quantitative estimate of drug-likeness (QED) is 0.551. The van der Waals surface area contributed by atoms with E-state index in [0.717, 1.165) is 37.4 Å². The minimum Gasteiger partial charge on any atom is -0.493 e. The molecule has 0 amide bonds. The minimum atomic E-state index is -1.48. The Balaban J connectivity index is 1.38. The number of benzene rings is 1. The summed E-state index contributed by atoms with van der Waals surface area (Å²) in [6.45, 7) is 2.35. The highest BCUT2D eigenvalue weighted by molar-refractivity contribution is 5.74. The molecule has 0 unspecified atom stereocenters. The molecule has 2 aliphatic carbocycles. The van der Waals surface area contributed by atoms with Crippen molar-refractivity contribution in [3.05, 3.63) is 29.8 Å². The van der Waals surface area contributed by atoms with E-state index in [-0.39, 0.29) is 12.5 Å². The van der Waals surface area contributed by atoms with Crippen LogP contribution in [0.5, 0.6) is 5.75 Å². The van der Waals surface area contributed by atoms with Crippen molar-refractivity contribution in [3.63, 3.8) is 0 Å². The molecule has 3 rings (SSSR count). The molecule has 4 heteroatoms. The lowest BCUT2D eigenvalue weighted by Gasteiger charge is -2.28. The number of ether oxygens (including phenoxy) is 2. The minimum absolute atomic E-state index is 0.131. The Morgan fingerprint density at radius 1 is 1.04 bits per heavy atom. The highest BCUT2D eigenvalue weighted by Gasteiger charge is 2.27. The first-order valence-electron chi connectivity index (χ1n) is 10.7. The normalized spacial score (nSPS) is 25.0. The van der Waals surface area contributed by atoms with Crippen molar-refractivity contribution in [3.8, 4) is 5.75 Å². The molecular weight excluding hydrogens is 343 g/mol. The van der Waals surface area contributed by atoms with E-state index in [1.165, 1.54) is 37.7 Å². The van der Waals surface area contributed by atoms with Crippen LogP contribution in [-0.2, 0) is 9.53 Å². The smallest absolute Gasteiger partial charge is 0.340 e. The van der Waals surface area contributed by atoms with Crippen LogP contribution in [0.25, 0.3) is 0 Å². The number of alkyl halides is 1. The van der Waals surface area contributed by atoms with Crippen LogP contribution in [0.1, 0.15) is 82.6 Å². The summed E-state index contributed by atoms with van der Waals surface area (Å²) in [5.41, 5.74) is 1.45. The van der Waals surface area contributed by atoms with Crippen LogP contribution in [-0.4, -0.2) is 24.9 Å². The van der Waals surface area contributed by atoms with Gasteiger partial charge in [-0.2, -0.15) is 0 Å². The number of hydrogen-bond donors (Lipinski definition) is 0. The number of esters is 1. The van der Waals surface area contributed by atoms with Crippen LogP contribution in [0.3, 0.4) is 0 Å². The van der Waals surface area contributed by atoms with E-state index in [4.69, 9.17) is 9.47 Å². The predicted octanol–water partition coefficient (Wildman–Crippen LogP) is 5.96. The van der Waals surface area contributed by atoms with Gasteiger partial charge in [0.05, 0.1) is 6.61 Å². The third-order valence-corrected chi connectivity index (χ3v) is 6.13. The number of halogens is 1. The largest absolute Gasteiger partial charge is 0.493 e. The fourth-order valence-electron chi connectivity index (χ4n) is 4.31. The zero-order valence-corrected chi connectivity index (χ0v) is 16.5. The topological polar surface area (TPSA) is 35.5 Å². The van der Waals surface area contributed by atoms with Crippen molar-refractivity contribution in [2.45, 2.75) is 89.3 Å². The van der Waals surface area contributed by atoms with Crippen molar-refractivity contribution >= 4 is 5.97 Å². The van der Waals surface area contributed by atoms with Crippen molar-refractivity contribution in [1.82, 2.24) is 0 Å². The van der Waals surface area contributed by atoms with Crippen LogP contribution in [0.4, 0.5) is 4.39 Å². The lowest BCUT2D eigenvalue weighted by Crippen LogP contribution is -2.30. The summed E-state index contributed by atoms with van der Waals surface area (Å²) in [5, 5.41) is 0. The molecule has 0 spiro atoms. The van der Waals surface area contributed by atoms with Crippen molar-refractivity contribution in [2.24, 2.45) is 5.92 Å². The Morgan fingerprint density at radius 3 is 2.33 bits per heavy atom. The first-order valence-corrected chi connectivity index (χ1v) is 10.7. The molecule has 2 saturated carbocycles. The Hall–Kier alpha value is -1.58. The predicted molar refractivity (Wildman–Crippen MR) is 105 cm³/mol. The highest BCUT2D eigenvalue weighted by Crippen LogP contribution is 2.33. The lowest BCUT2D eigenvalue weighted by molar-refractivity contribution is -0.157. The highest BCUT2D eigenvalue weighted by atomic mass is 19.1. The van der Waals surface area contributed by atoms with Gasteiger partial charge in [-0.3, -0.25) is 0 Å². The molecule has 0 aliphatic heterocycles. The molecule has 2 fully saturated rings. The molecule has 0 N–H and O–H groups in total. The number of carbonyl (C=O) groups is 1. The van der Waals surface area contributed by atoms with Gasteiger partial charge in [0.2, 0.25) is 0 Å². The van der Waals surface area contributed by atoms with Gasteiger partial charge in [-0.1, -0.05) is 38.3 Å². The van der Waals surface area contributed by atoms with Crippen molar-refractivity contribution in [2.75, 3.05) is 6.61 Å². The number of rotatable bonds is 7. The van der Waals surface area contributed by atoms with Crippen LogP contribution < -0.4 is 4.74 Å². The summed E-state index contributed by atoms with van der Waals surface area (Å²) < 4.78 is 24.6. The first-order chi connectivity index (χ1) is 13.2. The molecule has 150 valence electrons. The van der Waals surface area contributed by atoms with Gasteiger partial charge in [0.1, 0.15) is 11.9 Å². The third kappa shape index (κ3) is 5.95. The summed E-state index contributed by atoms with van der Waals surface area (Å²) in [6.07, 6.45) is 8.81. The van der Waals surface area contributed by atoms with E-state index < -0.39 is 12.1 Å². The molecule has 1 aromatic rings. The van der Waals surface area contributed by atoms with Crippen LogP contribution in [0, 0.1) is 5.92 Å². The van der Waals surface area contributed by atoms with Gasteiger partial charge in [-0.15, -0.1) is 0 Å². The lowest BCUT2D eigenvalue weighted by atomic mass is 9.84. The Morgan fingerprint density at radius 2 is 1.70 bits per heavy atom. The van der Waals surface area contributed by atoms with E-state index in [0.29, 0.717) is 12.5 Å². The standard InChI is InChI=1S/C23H33FO3/c1-2-22(24)23(25)27-21-12-8-17(9-13-21)16-26-20-14-10-19(11-15-20)18-6-4-3-5-7-18/h10-11,14-15,17-18,21-22H,2-9,12-13,16H2,1H3/t17?,21?,22-/m0/s1. The monoisotopic (exact) mass is 376 g/mol. The molecule has 1 atom stereocenters. The van der Waals surface area contributed by atoms with Gasteiger partial charge in [-0.25, -0.2) is 9.18 Å². The van der Waals surface area contributed by atoms with Gasteiger partial charge in [0.25, 0.3) is 0 Å². The second-order valence-corrected chi connectivity index (χ2v) is 8.17. The Labute approximate surface area is 162 Å². The van der Waals surface area contributed by atoms with Crippen molar-refractivity contribution in [1.29, 1.82) is 0 Å². The molecule has 0 aromatic heterocycles. The van der Waals surface area contributed by atoms with Gasteiger partial charge in [-0.05, 0) is 74.5 Å². The maximum Gasteiger partial charge on any atom is 0.340 e. The zero-order chi connectivity index (χ0) is 19.1. The van der Waals surface area contributed by atoms with E-state index in [9.17, 15) is 9.18 Å². The van der Waals surface area contributed by atoms with Crippen molar-refractivity contribution < 1.29 is 18.7 Å². The Bertz CT molecular complexity index is 572. The van der Waals surface area contributed by atoms with Crippen LogP contribution in [0.15, 0.2) is 24.3 Å². The zero-order valence-electron chi connectivity index (χ0n) is 16.5. The summed E-state index contributed by atoms with van der Waals surface area (Å²) in [7, 11) is 0. The molecule has 0 radical (unpaired) electrons. The van der Waals surface area contributed by atoms with Gasteiger partial charge in [0.15, 0.2) is 6.17 Å². The van der Waals surface area contributed by atoms with Gasteiger partial charge >= 0.3 is 5.97 Å². The second-order valence-electron chi connectivity index (χ2n) is 8.17. The van der Waals surface area contributed by atoms with Gasteiger partial charge < -0.3 is 9.47 Å². The molecule has 3 nitrogen and oxygen atoms in total. The average Bonchev–Trinajstić information content (AvgIpc) is 2.73. The molecule has 0 saturated heterocycles. The van der Waals surface area contributed by atoms with Crippen LogP contribution in [0.2, 0.25) is 0 Å². The molecular formula is C23H33FO3. The third-order valence-electron chi connectivity index (χ3n) is 6.13. The summed E-state index contributed by atoms with van der Waals surface area (Å²) in [4.78, 5) is 11.6. The summed E-state index contributed by atoms with van der Waals surface area (Å²) in [5.74, 6) is 1.44. The van der Waals surface area contributed by atoms with E-state index in [2.05, 4.69) is 24.3 Å². The molecule has 27 heavy (non-hydrogen) atoms. The molecule has 0 heterocycles. The maximum absolute atomic E-state index is 13.3. The van der Waals surface area contributed by atoms with E-state index in [1.807, 2.05) is 0 Å². The molecule has 0 bridgehead atoms. The summed E-state index contributed by atoms with van der Waals surface area (Å²) in [6, 6.07) is 8.65. The van der Waals surface area contributed by atoms with Crippen LogP contribution >= 0.6 is 0 Å². The molecule has 1 aromatic carbocycles. The molecule has 2 aliphatic rings. The number of hydrogen-bond acceptors (Lipinski definition) is 3. The van der Waals surface area contributed by atoms with E-state index >= 15 is 0 Å². The second kappa shape index (κ2) is 10.1. The van der Waals surface area contributed by atoms with E-state index in [1.54, 1.807) is 6.92 Å². The number of carbonyl (C=O) groups excluding carboxylic acids is 1. The fourth-order valence-corrected chi connectivity index (χ4v) is 4.31. The SMILES string of the molecule is CC[C@H](F)C(=O)OC1CCC(COc2ccc(C3CCCCC3)cc2)CC1. The maximum atomic E-state index is 13.3. The Kier molecular flexibility index (Phi) is 7.54. The van der Waals surface area contributed by atoms with Gasteiger partial charge in [0, 0.05) is 0 Å². The fraction of sp³-hybridized carbons (Fsp3) is 0.696. The summed E-state index contributed by atoms with van der Waals surface area (Å²) >= 11 is 0. The average molecular weight is 377 g/mol. The first kappa shape index (κ1) is 20.2.